The Hall–Kier alpha value is -2.38. The molecule has 1 heterocycles. The van der Waals surface area contributed by atoms with Crippen molar-refractivity contribution in [2.45, 2.75) is 19.6 Å². The van der Waals surface area contributed by atoms with Gasteiger partial charge in [-0.2, -0.15) is 8.78 Å². The summed E-state index contributed by atoms with van der Waals surface area (Å²) >= 11 is 6.06. The Morgan fingerprint density at radius 1 is 1.11 bits per heavy atom. The van der Waals surface area contributed by atoms with Gasteiger partial charge in [-0.15, -0.1) is 0 Å². The van der Waals surface area contributed by atoms with Gasteiger partial charge in [0.1, 0.15) is 5.75 Å². The fourth-order valence-electron chi connectivity index (χ4n) is 3.17. The van der Waals surface area contributed by atoms with E-state index in [4.69, 9.17) is 11.6 Å². The monoisotopic (exact) mass is 409 g/mol. The normalized spacial score (nSPS) is 16.1. The number of amides is 1. The van der Waals surface area contributed by atoms with Crippen molar-refractivity contribution in [1.29, 1.82) is 0 Å². The van der Waals surface area contributed by atoms with Gasteiger partial charge in [-0.1, -0.05) is 17.7 Å². The van der Waals surface area contributed by atoms with Crippen LogP contribution in [0.3, 0.4) is 0 Å². The zero-order valence-electron chi connectivity index (χ0n) is 15.4. The van der Waals surface area contributed by atoms with Crippen LogP contribution in [0.2, 0.25) is 5.02 Å². The van der Waals surface area contributed by atoms with Crippen LogP contribution in [0.25, 0.3) is 0 Å². The predicted molar refractivity (Wildman–Crippen MR) is 106 cm³/mol. The van der Waals surface area contributed by atoms with E-state index in [-0.39, 0.29) is 17.7 Å². The Balaban J connectivity index is 1.51. The topological polar surface area (TPSA) is 44.8 Å². The van der Waals surface area contributed by atoms with Gasteiger partial charge in [0, 0.05) is 42.6 Å². The second-order valence-corrected chi connectivity index (χ2v) is 7.01. The highest BCUT2D eigenvalue weighted by Gasteiger charge is 2.25. The SMILES string of the molecule is CC(C(=O)Nc1ccc(OC(F)F)cc1)N1CCN(c2cccc(Cl)c2)CC1. The van der Waals surface area contributed by atoms with E-state index in [1.165, 1.54) is 12.1 Å². The van der Waals surface area contributed by atoms with Crippen molar-refractivity contribution in [3.8, 4) is 5.75 Å². The van der Waals surface area contributed by atoms with E-state index in [0.29, 0.717) is 10.7 Å². The lowest BCUT2D eigenvalue weighted by atomic mass is 10.2. The zero-order valence-corrected chi connectivity index (χ0v) is 16.2. The molecule has 1 N–H and O–H groups in total. The van der Waals surface area contributed by atoms with E-state index in [1.807, 2.05) is 31.2 Å². The van der Waals surface area contributed by atoms with Crippen LogP contribution in [0.4, 0.5) is 20.2 Å². The molecule has 0 radical (unpaired) electrons. The van der Waals surface area contributed by atoms with Gasteiger partial charge < -0.3 is 15.0 Å². The summed E-state index contributed by atoms with van der Waals surface area (Å²) in [7, 11) is 0. The third-order valence-corrected chi connectivity index (χ3v) is 5.00. The molecule has 0 saturated carbocycles. The zero-order chi connectivity index (χ0) is 20.1. The Morgan fingerprint density at radius 3 is 2.39 bits per heavy atom. The molecule has 28 heavy (non-hydrogen) atoms. The number of hydrogen-bond donors (Lipinski definition) is 1. The first-order valence-corrected chi connectivity index (χ1v) is 9.40. The van der Waals surface area contributed by atoms with Crippen molar-refractivity contribution in [3.05, 3.63) is 53.6 Å². The van der Waals surface area contributed by atoms with Crippen LogP contribution in [0, 0.1) is 0 Å². The highest BCUT2D eigenvalue weighted by atomic mass is 35.5. The molecule has 5 nitrogen and oxygen atoms in total. The number of piperazine rings is 1. The fourth-order valence-corrected chi connectivity index (χ4v) is 3.36. The van der Waals surface area contributed by atoms with E-state index < -0.39 is 6.61 Å². The number of anilines is 2. The second kappa shape index (κ2) is 9.21. The maximum atomic E-state index is 12.5. The number of carbonyl (C=O) groups is 1. The number of hydrogen-bond acceptors (Lipinski definition) is 4. The maximum absolute atomic E-state index is 12.5. The standard InChI is InChI=1S/C20H22ClF2N3O2/c1-14(19(27)24-16-5-7-18(8-6-16)28-20(22)23)25-9-11-26(12-10-25)17-4-2-3-15(21)13-17/h2-8,13-14,20H,9-12H2,1H3,(H,24,27). The first-order chi connectivity index (χ1) is 13.4. The van der Waals surface area contributed by atoms with Crippen molar-refractivity contribution in [2.75, 3.05) is 36.4 Å². The molecule has 3 rings (SSSR count). The highest BCUT2D eigenvalue weighted by Crippen LogP contribution is 2.22. The van der Waals surface area contributed by atoms with Crippen LogP contribution in [-0.2, 0) is 4.79 Å². The van der Waals surface area contributed by atoms with Crippen molar-refractivity contribution in [3.63, 3.8) is 0 Å². The number of alkyl halides is 2. The molecule has 0 aromatic heterocycles. The maximum Gasteiger partial charge on any atom is 0.387 e. The minimum absolute atomic E-state index is 0.0539. The summed E-state index contributed by atoms with van der Waals surface area (Å²) in [5.74, 6) is -0.0862. The number of ether oxygens (including phenoxy) is 1. The molecule has 2 aromatic rings. The van der Waals surface area contributed by atoms with Gasteiger partial charge in [-0.25, -0.2) is 0 Å². The average molecular weight is 410 g/mol. The molecule has 0 spiro atoms. The Labute approximate surface area is 167 Å². The van der Waals surface area contributed by atoms with E-state index in [0.717, 1.165) is 31.9 Å². The molecular weight excluding hydrogens is 388 g/mol. The van der Waals surface area contributed by atoms with Crippen LogP contribution in [0.5, 0.6) is 5.75 Å². The molecule has 1 atom stereocenters. The van der Waals surface area contributed by atoms with E-state index in [2.05, 4.69) is 19.9 Å². The van der Waals surface area contributed by atoms with Gasteiger partial charge in [0.15, 0.2) is 0 Å². The average Bonchev–Trinajstić information content (AvgIpc) is 2.68. The highest BCUT2D eigenvalue weighted by molar-refractivity contribution is 6.30. The number of benzene rings is 2. The third-order valence-electron chi connectivity index (χ3n) is 4.76. The molecule has 1 aliphatic heterocycles. The molecule has 0 bridgehead atoms. The minimum atomic E-state index is -2.87. The minimum Gasteiger partial charge on any atom is -0.435 e. The van der Waals surface area contributed by atoms with Gasteiger partial charge in [-0.3, -0.25) is 9.69 Å². The molecule has 150 valence electrons. The predicted octanol–water partition coefficient (Wildman–Crippen LogP) is 4.09. The molecule has 1 fully saturated rings. The second-order valence-electron chi connectivity index (χ2n) is 6.57. The van der Waals surface area contributed by atoms with Crippen LogP contribution in [0.1, 0.15) is 6.92 Å². The molecule has 8 heteroatoms. The summed E-state index contributed by atoms with van der Waals surface area (Å²) in [5, 5.41) is 3.52. The van der Waals surface area contributed by atoms with Crippen LogP contribution in [0.15, 0.2) is 48.5 Å². The van der Waals surface area contributed by atoms with Gasteiger partial charge in [0.2, 0.25) is 5.91 Å². The third kappa shape index (κ3) is 5.33. The van der Waals surface area contributed by atoms with Gasteiger partial charge in [0.25, 0.3) is 0 Å². The molecule has 1 saturated heterocycles. The first-order valence-electron chi connectivity index (χ1n) is 9.02. The molecule has 2 aromatic carbocycles. The van der Waals surface area contributed by atoms with Crippen LogP contribution < -0.4 is 15.0 Å². The Morgan fingerprint density at radius 2 is 1.79 bits per heavy atom. The number of nitrogens with one attached hydrogen (secondary N) is 1. The van der Waals surface area contributed by atoms with E-state index >= 15 is 0 Å². The van der Waals surface area contributed by atoms with E-state index in [9.17, 15) is 13.6 Å². The van der Waals surface area contributed by atoms with Crippen molar-refractivity contribution in [1.82, 2.24) is 4.90 Å². The first kappa shape index (κ1) is 20.4. The largest absolute Gasteiger partial charge is 0.435 e. The number of halogens is 3. The molecule has 1 amide bonds. The Bertz CT molecular complexity index is 796. The number of nitrogens with zero attached hydrogens (tertiary/aromatic N) is 2. The van der Waals surface area contributed by atoms with Crippen LogP contribution in [-0.4, -0.2) is 49.6 Å². The fraction of sp³-hybridized carbons (Fsp3) is 0.350. The summed E-state index contributed by atoms with van der Waals surface area (Å²) in [5.41, 5.74) is 1.62. The van der Waals surface area contributed by atoms with Crippen molar-refractivity contribution >= 4 is 28.9 Å². The quantitative estimate of drug-likeness (QED) is 0.780. The van der Waals surface area contributed by atoms with Crippen LogP contribution >= 0.6 is 11.6 Å². The van der Waals surface area contributed by atoms with Gasteiger partial charge in [0.05, 0.1) is 6.04 Å². The van der Waals surface area contributed by atoms with Gasteiger partial charge in [-0.05, 0) is 49.4 Å². The lowest BCUT2D eigenvalue weighted by molar-refractivity contribution is -0.120. The summed E-state index contributed by atoms with van der Waals surface area (Å²) in [6, 6.07) is 13.3. The van der Waals surface area contributed by atoms with E-state index in [1.54, 1.807) is 12.1 Å². The van der Waals surface area contributed by atoms with Crippen molar-refractivity contribution in [2.24, 2.45) is 0 Å². The van der Waals surface area contributed by atoms with Gasteiger partial charge >= 0.3 is 6.61 Å². The number of carbonyl (C=O) groups excluding carboxylic acids is 1. The van der Waals surface area contributed by atoms with Crippen molar-refractivity contribution < 1.29 is 18.3 Å². The lowest BCUT2D eigenvalue weighted by Crippen LogP contribution is -2.52. The summed E-state index contributed by atoms with van der Waals surface area (Å²) < 4.78 is 28.7. The molecule has 1 aliphatic rings. The Kier molecular flexibility index (Phi) is 6.70. The molecule has 0 aliphatic carbocycles. The summed E-state index contributed by atoms with van der Waals surface area (Å²) in [6.45, 7) is 2.10. The molecule has 1 unspecified atom stereocenters. The summed E-state index contributed by atoms with van der Waals surface area (Å²) in [4.78, 5) is 16.9. The number of rotatable bonds is 6. The molecular formula is C20H22ClF2N3O2. The smallest absolute Gasteiger partial charge is 0.387 e. The summed E-state index contributed by atoms with van der Waals surface area (Å²) in [6.07, 6.45) is 0. The lowest BCUT2D eigenvalue weighted by Gasteiger charge is -2.38.